The Morgan fingerprint density at radius 1 is 0.727 bits per heavy atom. The fourth-order valence-corrected chi connectivity index (χ4v) is 3.28. The first-order valence-corrected chi connectivity index (χ1v) is 8.65. The number of ether oxygens (including phenoxy) is 4. The maximum absolute atomic E-state index is 5.75. The predicted molar refractivity (Wildman–Crippen MR) is 102 cm³/mol. The molecule has 0 heterocycles. The minimum absolute atomic E-state index is 0.200. The number of methoxy groups -OCH3 is 2. The molecule has 0 radical (unpaired) electrons. The van der Waals surface area contributed by atoms with Crippen LogP contribution < -0.4 is 9.47 Å². The van der Waals surface area contributed by atoms with Gasteiger partial charge in [-0.05, 0) is 57.3 Å². The average molecular weight is 526 g/mol. The van der Waals surface area contributed by atoms with Gasteiger partial charge in [0.15, 0.2) is 13.6 Å². The van der Waals surface area contributed by atoms with Gasteiger partial charge in [0.25, 0.3) is 0 Å². The lowest BCUT2D eigenvalue weighted by atomic mass is 10.0. The van der Waals surface area contributed by atoms with Gasteiger partial charge in [-0.2, -0.15) is 0 Å². The molecule has 6 heteroatoms. The smallest absolute Gasteiger partial charge is 0.188 e. The van der Waals surface area contributed by atoms with Crippen LogP contribution in [0.25, 0.3) is 11.1 Å². The van der Waals surface area contributed by atoms with E-state index >= 15 is 0 Å². The molecule has 0 unspecified atom stereocenters. The van der Waals surface area contributed by atoms with Crippen LogP contribution >= 0.6 is 45.2 Å². The number of rotatable bonds is 7. The maximum atomic E-state index is 5.75. The first kappa shape index (κ1) is 17.8. The van der Waals surface area contributed by atoms with Crippen LogP contribution in [-0.2, 0) is 9.47 Å². The van der Waals surface area contributed by atoms with Crippen LogP contribution in [0.2, 0.25) is 0 Å². The SMILES string of the molecule is COCOc1c(I)cccc1-c1cccc(I)c1OCOC. The Hall–Kier alpha value is -0.580. The van der Waals surface area contributed by atoms with Crippen LogP contribution in [0.1, 0.15) is 0 Å². The van der Waals surface area contributed by atoms with Crippen molar-refractivity contribution in [3.8, 4) is 22.6 Å². The molecule has 0 aliphatic rings. The Labute approximate surface area is 157 Å². The van der Waals surface area contributed by atoms with Crippen LogP contribution in [0, 0.1) is 7.14 Å². The lowest BCUT2D eigenvalue weighted by Gasteiger charge is -2.17. The average Bonchev–Trinajstić information content (AvgIpc) is 2.52. The van der Waals surface area contributed by atoms with E-state index in [-0.39, 0.29) is 13.6 Å². The van der Waals surface area contributed by atoms with Gasteiger partial charge in [-0.1, -0.05) is 24.3 Å². The van der Waals surface area contributed by atoms with Crippen molar-refractivity contribution < 1.29 is 18.9 Å². The Balaban J connectivity index is 2.51. The number of halogens is 2. The van der Waals surface area contributed by atoms with Crippen molar-refractivity contribution >= 4 is 45.2 Å². The summed E-state index contributed by atoms with van der Waals surface area (Å²) < 4.78 is 23.6. The second-order valence-corrected chi connectivity index (χ2v) is 6.66. The summed E-state index contributed by atoms with van der Waals surface area (Å²) in [6.07, 6.45) is 0. The highest BCUT2D eigenvalue weighted by molar-refractivity contribution is 14.1. The number of para-hydroxylation sites is 2. The summed E-state index contributed by atoms with van der Waals surface area (Å²) in [6, 6.07) is 12.0. The first-order chi connectivity index (χ1) is 10.7. The lowest BCUT2D eigenvalue weighted by molar-refractivity contribution is 0.0494. The molecule has 0 fully saturated rings. The largest absolute Gasteiger partial charge is 0.466 e. The van der Waals surface area contributed by atoms with Gasteiger partial charge in [-0.15, -0.1) is 0 Å². The van der Waals surface area contributed by atoms with E-state index in [4.69, 9.17) is 18.9 Å². The third-order valence-electron chi connectivity index (χ3n) is 2.87. The van der Waals surface area contributed by atoms with Crippen molar-refractivity contribution in [2.45, 2.75) is 0 Å². The van der Waals surface area contributed by atoms with Crippen molar-refractivity contribution in [1.29, 1.82) is 0 Å². The van der Waals surface area contributed by atoms with Gasteiger partial charge in [-0.3, -0.25) is 0 Å². The second kappa shape index (κ2) is 8.90. The van der Waals surface area contributed by atoms with Crippen LogP contribution in [0.5, 0.6) is 11.5 Å². The third kappa shape index (κ3) is 4.24. The molecular formula is C16H16I2O4. The molecule has 118 valence electrons. The van der Waals surface area contributed by atoms with Crippen molar-refractivity contribution in [3.63, 3.8) is 0 Å². The summed E-state index contributed by atoms with van der Waals surface area (Å²) in [7, 11) is 3.21. The molecule has 0 saturated heterocycles. The molecule has 0 amide bonds. The highest BCUT2D eigenvalue weighted by Crippen LogP contribution is 2.40. The summed E-state index contributed by atoms with van der Waals surface area (Å²) in [5.74, 6) is 1.57. The molecule has 0 bridgehead atoms. The Bertz CT molecular complexity index is 576. The summed E-state index contributed by atoms with van der Waals surface area (Å²) in [6.45, 7) is 0.399. The molecule has 22 heavy (non-hydrogen) atoms. The second-order valence-electron chi connectivity index (χ2n) is 4.33. The minimum atomic E-state index is 0.200. The Morgan fingerprint density at radius 3 is 1.50 bits per heavy atom. The number of hydrogen-bond acceptors (Lipinski definition) is 4. The molecule has 0 atom stereocenters. The van der Waals surface area contributed by atoms with Crippen LogP contribution in [-0.4, -0.2) is 27.8 Å². The molecule has 4 nitrogen and oxygen atoms in total. The zero-order chi connectivity index (χ0) is 15.9. The molecular weight excluding hydrogens is 510 g/mol. The van der Waals surface area contributed by atoms with E-state index in [0.717, 1.165) is 29.8 Å². The van der Waals surface area contributed by atoms with E-state index in [2.05, 4.69) is 45.2 Å². The van der Waals surface area contributed by atoms with E-state index in [0.29, 0.717) is 0 Å². The van der Waals surface area contributed by atoms with Crippen molar-refractivity contribution in [2.24, 2.45) is 0 Å². The summed E-state index contributed by atoms with van der Waals surface area (Å²) >= 11 is 4.51. The molecule has 0 aliphatic heterocycles. The van der Waals surface area contributed by atoms with Crippen LogP contribution in [0.3, 0.4) is 0 Å². The van der Waals surface area contributed by atoms with Crippen molar-refractivity contribution in [2.75, 3.05) is 27.8 Å². The highest BCUT2D eigenvalue weighted by atomic mass is 127. The van der Waals surface area contributed by atoms with Gasteiger partial charge < -0.3 is 18.9 Å². The van der Waals surface area contributed by atoms with Gasteiger partial charge in [0.05, 0.1) is 7.14 Å². The molecule has 2 rings (SSSR count). The van der Waals surface area contributed by atoms with Gasteiger partial charge in [0, 0.05) is 25.3 Å². The lowest BCUT2D eigenvalue weighted by Crippen LogP contribution is -2.04. The van der Waals surface area contributed by atoms with Gasteiger partial charge in [0.2, 0.25) is 0 Å². The van der Waals surface area contributed by atoms with Gasteiger partial charge >= 0.3 is 0 Å². The van der Waals surface area contributed by atoms with Crippen molar-refractivity contribution in [3.05, 3.63) is 43.5 Å². The molecule has 2 aromatic carbocycles. The molecule has 0 aromatic heterocycles. The van der Waals surface area contributed by atoms with Gasteiger partial charge in [0.1, 0.15) is 11.5 Å². The zero-order valence-corrected chi connectivity index (χ0v) is 16.6. The molecule has 0 saturated carbocycles. The van der Waals surface area contributed by atoms with E-state index in [1.165, 1.54) is 0 Å². The van der Waals surface area contributed by atoms with E-state index in [1.54, 1.807) is 14.2 Å². The number of benzene rings is 2. The molecule has 2 aromatic rings. The monoisotopic (exact) mass is 526 g/mol. The van der Waals surface area contributed by atoms with Crippen LogP contribution in [0.4, 0.5) is 0 Å². The van der Waals surface area contributed by atoms with E-state index < -0.39 is 0 Å². The first-order valence-electron chi connectivity index (χ1n) is 6.50. The predicted octanol–water partition coefficient (Wildman–Crippen LogP) is 4.53. The van der Waals surface area contributed by atoms with Gasteiger partial charge in [-0.25, -0.2) is 0 Å². The standard InChI is InChI=1S/C16H16I2O4/c1-19-9-21-15-11(5-3-7-13(15)17)12-6-4-8-14(18)16(12)22-10-20-2/h3-8H,9-10H2,1-2H3. The quantitative estimate of drug-likeness (QED) is 0.393. The van der Waals surface area contributed by atoms with Crippen molar-refractivity contribution in [1.82, 2.24) is 0 Å². The third-order valence-corrected chi connectivity index (χ3v) is 4.57. The summed E-state index contributed by atoms with van der Waals surface area (Å²) in [5.41, 5.74) is 1.93. The molecule has 0 N–H and O–H groups in total. The Morgan fingerprint density at radius 2 is 1.14 bits per heavy atom. The zero-order valence-electron chi connectivity index (χ0n) is 12.3. The summed E-state index contributed by atoms with van der Waals surface area (Å²) in [4.78, 5) is 0. The Kier molecular flexibility index (Phi) is 7.19. The van der Waals surface area contributed by atoms with E-state index in [1.807, 2.05) is 36.4 Å². The summed E-state index contributed by atoms with van der Waals surface area (Å²) in [5, 5.41) is 0. The van der Waals surface area contributed by atoms with Crippen LogP contribution in [0.15, 0.2) is 36.4 Å². The highest BCUT2D eigenvalue weighted by Gasteiger charge is 2.16. The topological polar surface area (TPSA) is 36.9 Å². The minimum Gasteiger partial charge on any atom is -0.466 e. The number of hydrogen-bond donors (Lipinski definition) is 0. The fraction of sp³-hybridized carbons (Fsp3) is 0.250. The fourth-order valence-electron chi connectivity index (χ4n) is 1.97. The maximum Gasteiger partial charge on any atom is 0.188 e. The van der Waals surface area contributed by atoms with E-state index in [9.17, 15) is 0 Å². The molecule has 0 spiro atoms. The normalized spacial score (nSPS) is 10.5. The molecule has 0 aliphatic carbocycles.